The third kappa shape index (κ3) is 4.08. The van der Waals surface area contributed by atoms with Gasteiger partial charge in [0.2, 0.25) is 0 Å². The van der Waals surface area contributed by atoms with E-state index in [1.807, 2.05) is 18.2 Å². The summed E-state index contributed by atoms with van der Waals surface area (Å²) < 4.78 is 6.49. The topological polar surface area (TPSA) is 9.23 Å². The number of methoxy groups -OCH3 is 1. The van der Waals surface area contributed by atoms with Crippen LogP contribution < -0.4 is 4.74 Å². The Morgan fingerprint density at radius 3 is 2.53 bits per heavy atom. The van der Waals surface area contributed by atoms with Gasteiger partial charge in [-0.1, -0.05) is 62.2 Å². The zero-order chi connectivity index (χ0) is 13.7. The molecular formula is C16H16Br2O. The third-order valence-electron chi connectivity index (χ3n) is 3.07. The molecular weight excluding hydrogens is 368 g/mol. The van der Waals surface area contributed by atoms with Crippen LogP contribution in [0.3, 0.4) is 0 Å². The molecule has 1 unspecified atom stereocenters. The number of benzene rings is 2. The van der Waals surface area contributed by atoms with Gasteiger partial charge in [-0.15, -0.1) is 0 Å². The molecule has 0 bridgehead atoms. The van der Waals surface area contributed by atoms with Crippen LogP contribution in [0.5, 0.6) is 5.75 Å². The van der Waals surface area contributed by atoms with Crippen molar-refractivity contribution in [3.63, 3.8) is 0 Å². The van der Waals surface area contributed by atoms with Gasteiger partial charge in [-0.3, -0.25) is 0 Å². The van der Waals surface area contributed by atoms with E-state index in [2.05, 4.69) is 62.2 Å². The molecule has 100 valence electrons. The predicted octanol–water partition coefficient (Wildman–Crippen LogP) is 5.53. The zero-order valence-electron chi connectivity index (χ0n) is 10.8. The van der Waals surface area contributed by atoms with Crippen molar-refractivity contribution in [3.8, 4) is 5.75 Å². The fraction of sp³-hybridized carbons (Fsp3) is 0.250. The minimum absolute atomic E-state index is 0.373. The fourth-order valence-corrected chi connectivity index (χ4v) is 3.00. The molecule has 0 heterocycles. The van der Waals surface area contributed by atoms with Crippen molar-refractivity contribution in [3.05, 3.63) is 64.1 Å². The molecule has 2 aromatic carbocycles. The van der Waals surface area contributed by atoms with E-state index in [0.717, 1.165) is 23.1 Å². The van der Waals surface area contributed by atoms with Crippen LogP contribution in [-0.2, 0) is 6.42 Å². The number of halogens is 2. The molecule has 0 aliphatic carbocycles. The van der Waals surface area contributed by atoms with E-state index < -0.39 is 0 Å². The van der Waals surface area contributed by atoms with Crippen LogP contribution in [0.1, 0.15) is 22.4 Å². The van der Waals surface area contributed by atoms with Gasteiger partial charge in [0.1, 0.15) is 5.75 Å². The summed E-state index contributed by atoms with van der Waals surface area (Å²) in [7, 11) is 1.72. The number of aryl methyl sites for hydroxylation is 1. The lowest BCUT2D eigenvalue weighted by Gasteiger charge is -2.12. The van der Waals surface area contributed by atoms with Crippen molar-refractivity contribution < 1.29 is 4.74 Å². The lowest BCUT2D eigenvalue weighted by molar-refractivity contribution is 0.409. The van der Waals surface area contributed by atoms with Crippen LogP contribution in [-0.4, -0.2) is 7.11 Å². The molecule has 0 radical (unpaired) electrons. The van der Waals surface area contributed by atoms with Gasteiger partial charge in [-0.2, -0.15) is 0 Å². The Morgan fingerprint density at radius 2 is 1.84 bits per heavy atom. The largest absolute Gasteiger partial charge is 0.496 e. The van der Waals surface area contributed by atoms with E-state index in [9.17, 15) is 0 Å². The van der Waals surface area contributed by atoms with Gasteiger partial charge in [0, 0.05) is 9.30 Å². The highest BCUT2D eigenvalue weighted by atomic mass is 79.9. The summed E-state index contributed by atoms with van der Waals surface area (Å²) in [4.78, 5) is 0.373. The summed E-state index contributed by atoms with van der Waals surface area (Å²) in [5.74, 6) is 0.955. The summed E-state index contributed by atoms with van der Waals surface area (Å²) >= 11 is 7.27. The molecule has 0 aliphatic heterocycles. The summed E-state index contributed by atoms with van der Waals surface area (Å²) in [5, 5.41) is 0. The molecule has 19 heavy (non-hydrogen) atoms. The highest BCUT2D eigenvalue weighted by Crippen LogP contribution is 2.31. The van der Waals surface area contributed by atoms with E-state index in [0.29, 0.717) is 4.83 Å². The maximum absolute atomic E-state index is 5.40. The maximum Gasteiger partial charge on any atom is 0.122 e. The van der Waals surface area contributed by atoms with Gasteiger partial charge >= 0.3 is 0 Å². The average molecular weight is 384 g/mol. The second-order valence-corrected chi connectivity index (χ2v) is 6.39. The predicted molar refractivity (Wildman–Crippen MR) is 87.1 cm³/mol. The first-order chi connectivity index (χ1) is 9.20. The van der Waals surface area contributed by atoms with Crippen molar-refractivity contribution in [2.75, 3.05) is 7.11 Å². The lowest BCUT2D eigenvalue weighted by atomic mass is 10.0. The van der Waals surface area contributed by atoms with Gasteiger partial charge in [0.25, 0.3) is 0 Å². The van der Waals surface area contributed by atoms with Gasteiger partial charge in [0.15, 0.2) is 0 Å². The molecule has 0 aromatic heterocycles. The Kier molecular flexibility index (Phi) is 5.46. The molecule has 0 saturated heterocycles. The Labute approximate surface area is 131 Å². The normalized spacial score (nSPS) is 12.2. The van der Waals surface area contributed by atoms with E-state index in [-0.39, 0.29) is 0 Å². The minimum Gasteiger partial charge on any atom is -0.496 e. The Bertz CT molecular complexity index is 526. The molecule has 0 aliphatic rings. The Morgan fingerprint density at radius 1 is 1.11 bits per heavy atom. The zero-order valence-corrected chi connectivity index (χ0v) is 13.9. The molecule has 2 aromatic rings. The van der Waals surface area contributed by atoms with Crippen LogP contribution in [0.4, 0.5) is 0 Å². The number of ether oxygens (including phenoxy) is 1. The van der Waals surface area contributed by atoms with Crippen molar-refractivity contribution in [2.45, 2.75) is 17.7 Å². The molecule has 1 nitrogen and oxygen atoms in total. The summed E-state index contributed by atoms with van der Waals surface area (Å²) in [5.41, 5.74) is 2.55. The first-order valence-corrected chi connectivity index (χ1v) is 7.93. The number of hydrogen-bond acceptors (Lipinski definition) is 1. The SMILES string of the molecule is COc1ccc(Br)cc1CCC(Br)c1ccccc1. The smallest absolute Gasteiger partial charge is 0.122 e. The number of rotatable bonds is 5. The molecule has 0 spiro atoms. The van der Waals surface area contributed by atoms with Crippen molar-refractivity contribution >= 4 is 31.9 Å². The molecule has 1 atom stereocenters. The van der Waals surface area contributed by atoms with Crippen molar-refractivity contribution in [1.29, 1.82) is 0 Å². The fourth-order valence-electron chi connectivity index (χ4n) is 2.05. The van der Waals surface area contributed by atoms with Crippen LogP contribution in [0.15, 0.2) is 53.0 Å². The molecule has 3 heteroatoms. The van der Waals surface area contributed by atoms with E-state index >= 15 is 0 Å². The molecule has 0 amide bonds. The van der Waals surface area contributed by atoms with E-state index in [4.69, 9.17) is 4.74 Å². The monoisotopic (exact) mass is 382 g/mol. The Balaban J connectivity index is 2.04. The van der Waals surface area contributed by atoms with Crippen molar-refractivity contribution in [2.24, 2.45) is 0 Å². The van der Waals surface area contributed by atoms with Crippen LogP contribution in [0.25, 0.3) is 0 Å². The summed E-state index contributed by atoms with van der Waals surface area (Å²) in [6.07, 6.45) is 2.02. The van der Waals surface area contributed by atoms with Crippen LogP contribution >= 0.6 is 31.9 Å². The number of alkyl halides is 1. The quantitative estimate of drug-likeness (QED) is 0.617. The Hall–Kier alpha value is -0.800. The van der Waals surface area contributed by atoms with Gasteiger partial charge < -0.3 is 4.74 Å². The van der Waals surface area contributed by atoms with Gasteiger partial charge in [0.05, 0.1) is 7.11 Å². The molecule has 2 rings (SSSR count). The number of hydrogen-bond donors (Lipinski definition) is 0. The second-order valence-electron chi connectivity index (χ2n) is 4.37. The van der Waals surface area contributed by atoms with Gasteiger partial charge in [-0.25, -0.2) is 0 Å². The molecule has 0 N–H and O–H groups in total. The summed E-state index contributed by atoms with van der Waals surface area (Å²) in [6.45, 7) is 0. The van der Waals surface area contributed by atoms with E-state index in [1.165, 1.54) is 11.1 Å². The average Bonchev–Trinajstić information content (AvgIpc) is 2.46. The van der Waals surface area contributed by atoms with Gasteiger partial charge in [-0.05, 0) is 42.2 Å². The highest BCUT2D eigenvalue weighted by molar-refractivity contribution is 9.10. The van der Waals surface area contributed by atoms with Crippen LogP contribution in [0, 0.1) is 0 Å². The second kappa shape index (κ2) is 7.11. The molecule has 0 saturated carbocycles. The van der Waals surface area contributed by atoms with E-state index in [1.54, 1.807) is 7.11 Å². The highest BCUT2D eigenvalue weighted by Gasteiger charge is 2.10. The molecule has 0 fully saturated rings. The first-order valence-electron chi connectivity index (χ1n) is 6.22. The lowest BCUT2D eigenvalue weighted by Crippen LogP contribution is -1.96. The maximum atomic E-state index is 5.40. The first kappa shape index (κ1) is 14.6. The third-order valence-corrected chi connectivity index (χ3v) is 4.55. The van der Waals surface area contributed by atoms with Crippen molar-refractivity contribution in [1.82, 2.24) is 0 Å². The summed E-state index contributed by atoms with van der Waals surface area (Å²) in [6, 6.07) is 16.6. The standard InChI is InChI=1S/C16H16Br2O/c1-19-16-10-8-14(17)11-13(16)7-9-15(18)12-5-3-2-4-6-12/h2-6,8,10-11,15H,7,9H2,1H3. The minimum atomic E-state index is 0.373. The van der Waals surface area contributed by atoms with Crippen LogP contribution in [0.2, 0.25) is 0 Å².